The molecular weight excluding hydrogens is 172 g/mol. The van der Waals surface area contributed by atoms with Crippen LogP contribution < -0.4 is 0 Å². The summed E-state index contributed by atoms with van der Waals surface area (Å²) in [5.74, 6) is 5.66. The van der Waals surface area contributed by atoms with Gasteiger partial charge in [-0.2, -0.15) is 10.2 Å². The predicted molar refractivity (Wildman–Crippen MR) is 63.5 cm³/mol. The van der Waals surface area contributed by atoms with E-state index in [4.69, 9.17) is 0 Å². The highest BCUT2D eigenvalue weighted by Gasteiger charge is 1.98. The highest BCUT2D eigenvalue weighted by Crippen LogP contribution is 2.11. The van der Waals surface area contributed by atoms with Gasteiger partial charge in [0.1, 0.15) is 0 Å². The molecule has 0 amide bonds. The van der Waals surface area contributed by atoms with Gasteiger partial charge in [-0.3, -0.25) is 0 Å². The van der Waals surface area contributed by atoms with Gasteiger partial charge in [-0.25, -0.2) is 0 Å². The molecular formula is C12H14N2. The molecule has 0 radical (unpaired) electrons. The fraction of sp³-hybridized carbons (Fsp3) is 0.167. The van der Waals surface area contributed by atoms with Crippen LogP contribution in [0.3, 0.4) is 0 Å². The van der Waals surface area contributed by atoms with Crippen molar-refractivity contribution >= 4 is 12.9 Å². The summed E-state index contributed by atoms with van der Waals surface area (Å²) < 4.78 is 0. The van der Waals surface area contributed by atoms with Crippen molar-refractivity contribution in [3.05, 3.63) is 36.0 Å². The molecule has 72 valence electrons. The zero-order chi connectivity index (χ0) is 11.0. The molecule has 0 aliphatic rings. The number of hydrogen-bond acceptors (Lipinski definition) is 2. The molecule has 2 nitrogen and oxygen atoms in total. The molecule has 0 rings (SSSR count). The standard InChI is InChI=1S/C12H14N2/c1-6-8-10(3)11(4)12(7-2)9-14-13-5/h7,9H,2-3,5H2,1,4H3/b12-11+,14-9-. The van der Waals surface area contributed by atoms with Crippen LogP contribution in [-0.2, 0) is 0 Å². The van der Waals surface area contributed by atoms with Gasteiger partial charge < -0.3 is 0 Å². The van der Waals surface area contributed by atoms with E-state index in [1.807, 2.05) is 6.92 Å². The summed E-state index contributed by atoms with van der Waals surface area (Å²) in [6, 6.07) is 0. The summed E-state index contributed by atoms with van der Waals surface area (Å²) in [4.78, 5) is 0. The summed E-state index contributed by atoms with van der Waals surface area (Å²) in [7, 11) is 0. The minimum absolute atomic E-state index is 0.762. The van der Waals surface area contributed by atoms with Crippen molar-refractivity contribution in [2.45, 2.75) is 13.8 Å². The van der Waals surface area contributed by atoms with Gasteiger partial charge in [-0.05, 0) is 25.0 Å². The number of rotatable bonds is 4. The molecule has 0 atom stereocenters. The second-order valence-corrected chi connectivity index (χ2v) is 2.52. The van der Waals surface area contributed by atoms with Gasteiger partial charge >= 0.3 is 0 Å². The zero-order valence-electron chi connectivity index (χ0n) is 8.67. The maximum absolute atomic E-state index is 3.83. The lowest BCUT2D eigenvalue weighted by Crippen LogP contribution is -1.89. The minimum atomic E-state index is 0.762. The fourth-order valence-corrected chi connectivity index (χ4v) is 0.825. The topological polar surface area (TPSA) is 24.7 Å². The molecule has 0 fully saturated rings. The molecule has 0 spiro atoms. The van der Waals surface area contributed by atoms with Gasteiger partial charge in [0.05, 0.1) is 6.21 Å². The van der Waals surface area contributed by atoms with Gasteiger partial charge in [0.2, 0.25) is 0 Å². The maximum Gasteiger partial charge on any atom is 0.0570 e. The van der Waals surface area contributed by atoms with Crippen molar-refractivity contribution in [3.8, 4) is 11.8 Å². The van der Waals surface area contributed by atoms with Crippen LogP contribution in [0.5, 0.6) is 0 Å². The molecule has 0 aliphatic carbocycles. The van der Waals surface area contributed by atoms with Crippen molar-refractivity contribution in [1.82, 2.24) is 0 Å². The first-order valence-corrected chi connectivity index (χ1v) is 4.11. The Kier molecular flexibility index (Phi) is 5.73. The van der Waals surface area contributed by atoms with E-state index in [9.17, 15) is 0 Å². The highest BCUT2D eigenvalue weighted by molar-refractivity contribution is 5.84. The molecule has 0 aromatic heterocycles. The average molecular weight is 186 g/mol. The minimum Gasteiger partial charge on any atom is -0.167 e. The molecule has 2 heteroatoms. The fourth-order valence-electron chi connectivity index (χ4n) is 0.825. The Hall–Kier alpha value is -1.88. The van der Waals surface area contributed by atoms with Gasteiger partial charge in [-0.15, -0.1) is 5.92 Å². The lowest BCUT2D eigenvalue weighted by molar-refractivity contribution is 1.27. The molecule has 0 unspecified atom stereocenters. The number of nitrogens with zero attached hydrogens (tertiary/aromatic N) is 2. The Labute approximate surface area is 85.4 Å². The van der Waals surface area contributed by atoms with E-state index in [2.05, 4.69) is 41.9 Å². The lowest BCUT2D eigenvalue weighted by atomic mass is 10.0. The zero-order valence-corrected chi connectivity index (χ0v) is 8.67. The van der Waals surface area contributed by atoms with Gasteiger partial charge in [-0.1, -0.05) is 25.2 Å². The summed E-state index contributed by atoms with van der Waals surface area (Å²) in [6.07, 6.45) is 3.27. The van der Waals surface area contributed by atoms with Crippen LogP contribution in [-0.4, -0.2) is 12.9 Å². The second-order valence-electron chi connectivity index (χ2n) is 2.52. The van der Waals surface area contributed by atoms with E-state index in [1.54, 1.807) is 19.2 Å². The van der Waals surface area contributed by atoms with Gasteiger partial charge in [0, 0.05) is 12.3 Å². The summed E-state index contributed by atoms with van der Waals surface area (Å²) in [5.41, 5.74) is 2.56. The molecule has 14 heavy (non-hydrogen) atoms. The Balaban J connectivity index is 5.07. The molecule has 0 aromatic rings. The van der Waals surface area contributed by atoms with E-state index >= 15 is 0 Å². The third-order valence-electron chi connectivity index (χ3n) is 1.66. The van der Waals surface area contributed by atoms with Crippen LogP contribution in [0.2, 0.25) is 0 Å². The molecule has 0 aliphatic heterocycles. The van der Waals surface area contributed by atoms with E-state index in [0.29, 0.717) is 0 Å². The SMILES string of the molecule is C=CC(/C=N\N=C)=C(/C)C(=C)C#CC. The Morgan fingerprint density at radius 2 is 2.07 bits per heavy atom. The third-order valence-corrected chi connectivity index (χ3v) is 1.66. The number of allylic oxidation sites excluding steroid dienone is 4. The van der Waals surface area contributed by atoms with E-state index in [-0.39, 0.29) is 0 Å². The van der Waals surface area contributed by atoms with Crippen molar-refractivity contribution in [2.24, 2.45) is 10.2 Å². The lowest BCUT2D eigenvalue weighted by Gasteiger charge is -2.00. The Morgan fingerprint density at radius 3 is 2.50 bits per heavy atom. The summed E-state index contributed by atoms with van der Waals surface area (Å²) >= 11 is 0. The molecule has 0 saturated heterocycles. The van der Waals surface area contributed by atoms with Gasteiger partial charge in [0.15, 0.2) is 0 Å². The average Bonchev–Trinajstić information content (AvgIpc) is 2.19. The Morgan fingerprint density at radius 1 is 1.43 bits per heavy atom. The van der Waals surface area contributed by atoms with Crippen LogP contribution >= 0.6 is 0 Å². The monoisotopic (exact) mass is 186 g/mol. The van der Waals surface area contributed by atoms with Crippen molar-refractivity contribution in [3.63, 3.8) is 0 Å². The smallest absolute Gasteiger partial charge is 0.0570 e. The molecule has 0 saturated carbocycles. The second kappa shape index (κ2) is 6.62. The molecule has 0 heterocycles. The van der Waals surface area contributed by atoms with Crippen molar-refractivity contribution < 1.29 is 0 Å². The van der Waals surface area contributed by atoms with E-state index in [0.717, 1.165) is 16.7 Å². The van der Waals surface area contributed by atoms with Crippen molar-refractivity contribution in [1.29, 1.82) is 0 Å². The van der Waals surface area contributed by atoms with Gasteiger partial charge in [0.25, 0.3) is 0 Å². The molecule has 0 aromatic carbocycles. The molecule has 0 bridgehead atoms. The van der Waals surface area contributed by atoms with Crippen LogP contribution in [0.25, 0.3) is 0 Å². The van der Waals surface area contributed by atoms with Crippen molar-refractivity contribution in [2.75, 3.05) is 0 Å². The normalized spacial score (nSPS) is 11.3. The predicted octanol–water partition coefficient (Wildman–Crippen LogP) is 2.75. The highest BCUT2D eigenvalue weighted by atomic mass is 15.2. The molecule has 0 N–H and O–H groups in total. The first-order chi connectivity index (χ1) is 6.67. The third kappa shape index (κ3) is 3.68. The van der Waals surface area contributed by atoms with Crippen LogP contribution in [0.15, 0.2) is 46.2 Å². The largest absolute Gasteiger partial charge is 0.167 e. The Bertz CT molecular complexity index is 360. The van der Waals surface area contributed by atoms with E-state index < -0.39 is 0 Å². The summed E-state index contributed by atoms with van der Waals surface area (Å²) in [6.45, 7) is 14.4. The van der Waals surface area contributed by atoms with Crippen LogP contribution in [0, 0.1) is 11.8 Å². The van der Waals surface area contributed by atoms with Crippen LogP contribution in [0.1, 0.15) is 13.8 Å². The first kappa shape index (κ1) is 12.1. The summed E-state index contributed by atoms with van der Waals surface area (Å²) in [5, 5.41) is 7.06. The van der Waals surface area contributed by atoms with E-state index in [1.165, 1.54) is 0 Å². The first-order valence-electron chi connectivity index (χ1n) is 4.11. The quantitative estimate of drug-likeness (QED) is 0.279. The van der Waals surface area contributed by atoms with Crippen LogP contribution in [0.4, 0.5) is 0 Å². The maximum atomic E-state index is 3.83. The number of hydrogen-bond donors (Lipinski definition) is 0.